The van der Waals surface area contributed by atoms with Crippen LogP contribution in [0.5, 0.6) is 0 Å². The molecular weight excluding hydrogens is 405 g/mol. The van der Waals surface area contributed by atoms with E-state index >= 15 is 0 Å². The summed E-state index contributed by atoms with van der Waals surface area (Å²) >= 11 is 0. The van der Waals surface area contributed by atoms with Crippen molar-refractivity contribution in [2.45, 2.75) is 31.5 Å². The second-order valence-electron chi connectivity index (χ2n) is 7.05. The Morgan fingerprint density at radius 1 is 1.07 bits per heavy atom. The van der Waals surface area contributed by atoms with Crippen molar-refractivity contribution < 1.29 is 26.4 Å². The van der Waals surface area contributed by atoms with Crippen LogP contribution in [0.25, 0.3) is 10.8 Å². The second kappa shape index (κ2) is 6.35. The molecular formula is C20H17F3N2O3S. The van der Waals surface area contributed by atoms with Gasteiger partial charge in [0.25, 0.3) is 10.0 Å². The molecule has 1 aliphatic rings. The van der Waals surface area contributed by atoms with Gasteiger partial charge in [-0.05, 0) is 37.4 Å². The van der Waals surface area contributed by atoms with Crippen molar-refractivity contribution in [3.8, 4) is 0 Å². The summed E-state index contributed by atoms with van der Waals surface area (Å²) in [6.07, 6.45) is -4.43. The maximum atomic E-state index is 13.0. The van der Waals surface area contributed by atoms with Gasteiger partial charge < -0.3 is 4.57 Å². The number of anilines is 1. The summed E-state index contributed by atoms with van der Waals surface area (Å²) in [6.45, 7) is 1.23. The molecule has 0 amide bonds. The molecule has 0 radical (unpaired) electrons. The highest BCUT2D eigenvalue weighted by Crippen LogP contribution is 2.42. The molecule has 0 fully saturated rings. The molecule has 2 aromatic carbocycles. The smallest absolute Gasteiger partial charge is 0.339 e. The van der Waals surface area contributed by atoms with Crippen molar-refractivity contribution in [1.29, 1.82) is 0 Å². The van der Waals surface area contributed by atoms with Gasteiger partial charge in [0.2, 0.25) is 0 Å². The number of rotatable bonds is 4. The van der Waals surface area contributed by atoms with Gasteiger partial charge in [0, 0.05) is 22.3 Å². The zero-order chi connectivity index (χ0) is 21.1. The number of aromatic nitrogens is 1. The molecule has 0 aliphatic carbocycles. The number of aryl methyl sites for hydroxylation is 1. The molecule has 3 aromatic rings. The fourth-order valence-corrected chi connectivity index (χ4v) is 5.52. The topological polar surface area (TPSA) is 59.4 Å². The van der Waals surface area contributed by atoms with Gasteiger partial charge in [-0.1, -0.05) is 24.3 Å². The molecule has 1 aliphatic heterocycles. The van der Waals surface area contributed by atoms with Crippen LogP contribution in [-0.4, -0.2) is 31.5 Å². The fourth-order valence-electron chi connectivity index (χ4n) is 3.85. The lowest BCUT2D eigenvalue weighted by molar-refractivity contribution is -0.141. The van der Waals surface area contributed by atoms with Crippen LogP contribution in [0.1, 0.15) is 21.7 Å². The monoisotopic (exact) mass is 422 g/mol. The number of hydrogen-bond donors (Lipinski definition) is 0. The number of ketones is 1. The van der Waals surface area contributed by atoms with Crippen LogP contribution in [0.4, 0.5) is 18.9 Å². The van der Waals surface area contributed by atoms with Crippen molar-refractivity contribution in [2.75, 3.05) is 10.8 Å². The van der Waals surface area contributed by atoms with Gasteiger partial charge in [-0.2, -0.15) is 13.2 Å². The van der Waals surface area contributed by atoms with Gasteiger partial charge in [-0.25, -0.2) is 8.42 Å². The van der Waals surface area contributed by atoms with Crippen LogP contribution in [0, 0.1) is 13.8 Å². The standard InChI is InChI=1S/C20H17F3N2O3S/c1-12-9-15(13(2)24(12)11-20(21,22)23)17(26)10-25-16-7-3-5-14-6-4-8-18(19(14)16)29(25,27)28/h3-9H,10-11H2,1-2H3. The van der Waals surface area contributed by atoms with E-state index in [1.807, 2.05) is 0 Å². The number of hydrogen-bond acceptors (Lipinski definition) is 3. The third-order valence-corrected chi connectivity index (χ3v) is 6.98. The molecule has 0 saturated carbocycles. The second-order valence-corrected chi connectivity index (χ2v) is 8.88. The third-order valence-electron chi connectivity index (χ3n) is 5.18. The molecule has 152 valence electrons. The first-order valence-electron chi connectivity index (χ1n) is 8.82. The first-order chi connectivity index (χ1) is 13.5. The Labute approximate surface area is 165 Å². The lowest BCUT2D eigenvalue weighted by Crippen LogP contribution is -2.33. The van der Waals surface area contributed by atoms with Gasteiger partial charge >= 0.3 is 6.18 Å². The Morgan fingerprint density at radius 2 is 1.72 bits per heavy atom. The number of carbonyl (C=O) groups is 1. The zero-order valence-electron chi connectivity index (χ0n) is 15.6. The molecule has 0 saturated heterocycles. The van der Waals surface area contributed by atoms with Gasteiger partial charge in [-0.15, -0.1) is 0 Å². The Bertz CT molecular complexity index is 1250. The van der Waals surface area contributed by atoms with Gasteiger partial charge in [-0.3, -0.25) is 9.10 Å². The molecule has 0 bridgehead atoms. The van der Waals surface area contributed by atoms with Crippen molar-refractivity contribution in [3.63, 3.8) is 0 Å². The summed E-state index contributed by atoms with van der Waals surface area (Å²) in [5, 5.41) is 1.28. The van der Waals surface area contributed by atoms with Crippen LogP contribution in [0.3, 0.4) is 0 Å². The Hall–Kier alpha value is -2.81. The van der Waals surface area contributed by atoms with Crippen molar-refractivity contribution in [2.24, 2.45) is 0 Å². The molecule has 1 aromatic heterocycles. The van der Waals surface area contributed by atoms with Crippen LogP contribution in [0.15, 0.2) is 47.4 Å². The number of carbonyl (C=O) groups excluding carboxylic acids is 1. The summed E-state index contributed by atoms with van der Waals surface area (Å²) in [6, 6.07) is 11.4. The van der Waals surface area contributed by atoms with Gasteiger partial charge in [0.15, 0.2) is 5.78 Å². The molecule has 4 rings (SSSR count). The number of halogens is 3. The third kappa shape index (κ3) is 3.09. The average molecular weight is 422 g/mol. The fraction of sp³-hybridized carbons (Fsp3) is 0.250. The SMILES string of the molecule is Cc1cc(C(=O)CN2c3cccc4cccc(c34)S2(=O)=O)c(C)n1CC(F)(F)F. The van der Waals surface area contributed by atoms with Crippen LogP contribution in [0.2, 0.25) is 0 Å². The Balaban J connectivity index is 1.72. The number of Topliss-reactive ketones (excluding diaryl/α,β-unsaturated/α-hetero) is 1. The zero-order valence-corrected chi connectivity index (χ0v) is 16.4. The molecule has 2 heterocycles. The van der Waals surface area contributed by atoms with E-state index in [1.54, 1.807) is 30.3 Å². The van der Waals surface area contributed by atoms with E-state index in [0.717, 1.165) is 14.3 Å². The van der Waals surface area contributed by atoms with Crippen molar-refractivity contribution in [1.82, 2.24) is 4.57 Å². The van der Waals surface area contributed by atoms with Crippen LogP contribution >= 0.6 is 0 Å². The minimum Gasteiger partial charge on any atom is -0.339 e. The molecule has 0 unspecified atom stereocenters. The number of sulfonamides is 1. The highest BCUT2D eigenvalue weighted by Gasteiger charge is 2.37. The maximum absolute atomic E-state index is 13.0. The lowest BCUT2D eigenvalue weighted by atomic mass is 10.1. The molecule has 5 nitrogen and oxygen atoms in total. The number of nitrogens with zero attached hydrogens (tertiary/aromatic N) is 2. The van der Waals surface area contributed by atoms with E-state index in [0.29, 0.717) is 11.1 Å². The van der Waals surface area contributed by atoms with E-state index in [9.17, 15) is 26.4 Å². The summed E-state index contributed by atoms with van der Waals surface area (Å²) in [4.78, 5) is 13.0. The highest BCUT2D eigenvalue weighted by molar-refractivity contribution is 7.93. The average Bonchev–Trinajstić information content (AvgIpc) is 3.03. The predicted molar refractivity (Wildman–Crippen MR) is 103 cm³/mol. The van der Waals surface area contributed by atoms with Crippen LogP contribution < -0.4 is 4.31 Å². The first-order valence-corrected chi connectivity index (χ1v) is 10.3. The van der Waals surface area contributed by atoms with E-state index in [2.05, 4.69) is 0 Å². The molecule has 9 heteroatoms. The quantitative estimate of drug-likeness (QED) is 0.592. The normalized spacial score (nSPS) is 15.3. The summed E-state index contributed by atoms with van der Waals surface area (Å²) < 4.78 is 66.5. The van der Waals surface area contributed by atoms with Crippen molar-refractivity contribution >= 4 is 32.3 Å². The van der Waals surface area contributed by atoms with E-state index < -0.39 is 35.1 Å². The Kier molecular flexibility index (Phi) is 4.27. The van der Waals surface area contributed by atoms with Crippen LogP contribution in [-0.2, 0) is 16.6 Å². The predicted octanol–water partition coefficient (Wildman–Crippen LogP) is 4.21. The number of benzene rings is 2. The lowest BCUT2D eigenvalue weighted by Gasteiger charge is -2.18. The first kappa shape index (κ1) is 19.5. The molecule has 29 heavy (non-hydrogen) atoms. The van der Waals surface area contributed by atoms with Gasteiger partial charge in [0.1, 0.15) is 6.54 Å². The molecule has 0 spiro atoms. The molecule has 0 atom stereocenters. The van der Waals surface area contributed by atoms with Gasteiger partial charge in [0.05, 0.1) is 17.1 Å². The molecule has 0 N–H and O–H groups in total. The number of alkyl halides is 3. The highest BCUT2D eigenvalue weighted by atomic mass is 32.2. The minimum absolute atomic E-state index is 0.0880. The van der Waals surface area contributed by atoms with Crippen molar-refractivity contribution in [3.05, 3.63) is 59.4 Å². The van der Waals surface area contributed by atoms with E-state index in [1.165, 1.54) is 26.0 Å². The van der Waals surface area contributed by atoms with E-state index in [-0.39, 0.29) is 21.8 Å². The minimum atomic E-state index is -4.43. The maximum Gasteiger partial charge on any atom is 0.406 e. The summed E-state index contributed by atoms with van der Waals surface area (Å²) in [5.74, 6) is -0.556. The van der Waals surface area contributed by atoms with E-state index in [4.69, 9.17) is 0 Å². The Morgan fingerprint density at radius 3 is 2.38 bits per heavy atom. The summed E-state index contributed by atoms with van der Waals surface area (Å²) in [7, 11) is -3.92. The summed E-state index contributed by atoms with van der Waals surface area (Å²) in [5.41, 5.74) is 0.940. The largest absolute Gasteiger partial charge is 0.406 e.